The Morgan fingerprint density at radius 1 is 1.08 bits per heavy atom. The van der Waals surface area contributed by atoms with Crippen LogP contribution in [0.3, 0.4) is 0 Å². The molecule has 0 radical (unpaired) electrons. The van der Waals surface area contributed by atoms with E-state index in [0.29, 0.717) is 24.1 Å². The van der Waals surface area contributed by atoms with Gasteiger partial charge < -0.3 is 9.80 Å². The summed E-state index contributed by atoms with van der Waals surface area (Å²) in [5, 5.41) is 0.564. The smallest absolute Gasteiger partial charge is 0.266 e. The van der Waals surface area contributed by atoms with Gasteiger partial charge in [0.25, 0.3) is 10.0 Å². The van der Waals surface area contributed by atoms with Gasteiger partial charge in [-0.3, -0.25) is 4.99 Å². The number of aliphatic imine (C=N–C) groups is 1. The summed E-state index contributed by atoms with van der Waals surface area (Å²) in [6, 6.07) is 4.38. The second-order valence-corrected chi connectivity index (χ2v) is 8.43. The Hall–Kier alpha value is -1.02. The molecule has 0 aliphatic carbocycles. The van der Waals surface area contributed by atoms with Gasteiger partial charge in [0.1, 0.15) is 0 Å². The predicted molar refractivity (Wildman–Crippen MR) is 96.3 cm³/mol. The highest BCUT2D eigenvalue weighted by Gasteiger charge is 2.35. The van der Waals surface area contributed by atoms with Crippen LogP contribution in [0.2, 0.25) is 10.0 Å². The zero-order valence-corrected chi connectivity index (χ0v) is 15.8. The van der Waals surface area contributed by atoms with Crippen LogP contribution in [0, 0.1) is 0 Å². The van der Waals surface area contributed by atoms with Crippen LogP contribution in [0.5, 0.6) is 0 Å². The van der Waals surface area contributed by atoms with Crippen LogP contribution in [0.1, 0.15) is 6.92 Å². The van der Waals surface area contributed by atoms with E-state index >= 15 is 0 Å². The Labute approximate surface area is 152 Å². The summed E-state index contributed by atoms with van der Waals surface area (Å²) in [6.45, 7) is 7.34. The van der Waals surface area contributed by atoms with Crippen molar-refractivity contribution in [2.75, 3.05) is 45.8 Å². The molecule has 24 heavy (non-hydrogen) atoms. The lowest BCUT2D eigenvalue weighted by Gasteiger charge is -2.37. The van der Waals surface area contributed by atoms with E-state index in [0.717, 1.165) is 32.7 Å². The molecule has 1 aromatic carbocycles. The molecule has 0 spiro atoms. The molecule has 6 nitrogen and oxygen atoms in total. The van der Waals surface area contributed by atoms with Gasteiger partial charge in [-0.05, 0) is 24.7 Å². The Bertz CT molecular complexity index is 746. The Morgan fingerprint density at radius 2 is 1.79 bits per heavy atom. The number of benzene rings is 1. The maximum atomic E-state index is 13.0. The minimum absolute atomic E-state index is 0.138. The van der Waals surface area contributed by atoms with Crippen molar-refractivity contribution in [3.8, 4) is 0 Å². The summed E-state index contributed by atoms with van der Waals surface area (Å²) in [5.41, 5.74) is 0. The van der Waals surface area contributed by atoms with E-state index in [1.54, 1.807) is 0 Å². The standard InChI is InChI=1S/C15H20Cl2N4O2S/c1-2-19-7-9-20(10-8-19)15-18-5-6-21(15)24(22,23)12-3-4-13(16)14(17)11-12/h3-4,11H,2,5-10H2,1H3. The molecule has 0 bridgehead atoms. The molecule has 9 heteroatoms. The van der Waals surface area contributed by atoms with Crippen molar-refractivity contribution >= 4 is 39.2 Å². The van der Waals surface area contributed by atoms with Crippen LogP contribution >= 0.6 is 23.2 Å². The lowest BCUT2D eigenvalue weighted by Crippen LogP contribution is -2.53. The topological polar surface area (TPSA) is 56.2 Å². The number of rotatable bonds is 3. The van der Waals surface area contributed by atoms with Crippen molar-refractivity contribution in [2.24, 2.45) is 4.99 Å². The molecule has 2 aliphatic heterocycles. The SMILES string of the molecule is CCN1CCN(C2=NCCN2S(=O)(=O)c2ccc(Cl)c(Cl)c2)CC1. The van der Waals surface area contributed by atoms with Crippen LogP contribution in [0.4, 0.5) is 0 Å². The number of piperazine rings is 1. The quantitative estimate of drug-likeness (QED) is 0.791. The predicted octanol–water partition coefficient (Wildman–Crippen LogP) is 1.99. The summed E-state index contributed by atoms with van der Waals surface area (Å²) in [6.07, 6.45) is 0. The van der Waals surface area contributed by atoms with Gasteiger partial charge in [0.2, 0.25) is 5.96 Å². The highest BCUT2D eigenvalue weighted by atomic mass is 35.5. The minimum Gasteiger partial charge on any atom is -0.339 e. The van der Waals surface area contributed by atoms with Gasteiger partial charge in [0, 0.05) is 26.2 Å². The molecular formula is C15H20Cl2N4O2S. The van der Waals surface area contributed by atoms with Gasteiger partial charge in [-0.25, -0.2) is 12.7 Å². The number of guanidine groups is 1. The van der Waals surface area contributed by atoms with Gasteiger partial charge in [0.15, 0.2) is 0 Å². The average Bonchev–Trinajstić information content (AvgIpc) is 3.08. The molecule has 0 saturated carbocycles. The van der Waals surface area contributed by atoms with Gasteiger partial charge in [-0.1, -0.05) is 30.1 Å². The normalized spacial score (nSPS) is 19.7. The monoisotopic (exact) mass is 390 g/mol. The lowest BCUT2D eigenvalue weighted by molar-refractivity contribution is 0.184. The molecule has 1 fully saturated rings. The van der Waals surface area contributed by atoms with Crippen LogP contribution in [0.15, 0.2) is 28.1 Å². The summed E-state index contributed by atoms with van der Waals surface area (Å²) < 4.78 is 27.3. The van der Waals surface area contributed by atoms with Crippen molar-refractivity contribution < 1.29 is 8.42 Å². The first-order chi connectivity index (χ1) is 11.4. The highest BCUT2D eigenvalue weighted by Crippen LogP contribution is 2.28. The molecule has 0 unspecified atom stereocenters. The Kier molecular flexibility index (Phi) is 5.24. The maximum Gasteiger partial charge on any atom is 0.266 e. The fourth-order valence-corrected chi connectivity index (χ4v) is 4.77. The van der Waals surface area contributed by atoms with E-state index in [9.17, 15) is 8.42 Å². The number of sulfonamides is 1. The third-order valence-electron chi connectivity index (χ3n) is 4.36. The molecule has 2 aliphatic rings. The van der Waals surface area contributed by atoms with Crippen LogP contribution in [0.25, 0.3) is 0 Å². The molecule has 2 heterocycles. The average molecular weight is 391 g/mol. The van der Waals surface area contributed by atoms with Gasteiger partial charge in [-0.2, -0.15) is 0 Å². The summed E-state index contributed by atoms with van der Waals surface area (Å²) in [4.78, 5) is 8.96. The molecule has 1 aromatic rings. The number of halogens is 2. The molecule has 0 amide bonds. The van der Waals surface area contributed by atoms with E-state index in [2.05, 4.69) is 16.8 Å². The summed E-state index contributed by atoms with van der Waals surface area (Å²) >= 11 is 11.9. The van der Waals surface area contributed by atoms with Gasteiger partial charge in [0.05, 0.1) is 28.0 Å². The molecule has 1 saturated heterocycles. The highest BCUT2D eigenvalue weighted by molar-refractivity contribution is 7.89. The Morgan fingerprint density at radius 3 is 2.42 bits per heavy atom. The van der Waals surface area contributed by atoms with Crippen LogP contribution in [-0.2, 0) is 10.0 Å². The van der Waals surface area contributed by atoms with Crippen molar-refractivity contribution in [3.63, 3.8) is 0 Å². The number of hydrogen-bond donors (Lipinski definition) is 0. The van der Waals surface area contributed by atoms with Crippen molar-refractivity contribution in [1.82, 2.24) is 14.1 Å². The van der Waals surface area contributed by atoms with E-state index in [-0.39, 0.29) is 9.92 Å². The van der Waals surface area contributed by atoms with Crippen molar-refractivity contribution in [3.05, 3.63) is 28.2 Å². The van der Waals surface area contributed by atoms with Gasteiger partial charge in [-0.15, -0.1) is 0 Å². The zero-order chi connectivity index (χ0) is 17.3. The van der Waals surface area contributed by atoms with Crippen molar-refractivity contribution in [1.29, 1.82) is 0 Å². The minimum atomic E-state index is -3.69. The summed E-state index contributed by atoms with van der Waals surface area (Å²) in [7, 11) is -3.69. The molecular weight excluding hydrogens is 371 g/mol. The van der Waals surface area contributed by atoms with Gasteiger partial charge >= 0.3 is 0 Å². The lowest BCUT2D eigenvalue weighted by atomic mass is 10.3. The fraction of sp³-hybridized carbons (Fsp3) is 0.533. The Balaban J connectivity index is 1.83. The van der Waals surface area contributed by atoms with E-state index in [1.165, 1.54) is 22.5 Å². The second-order valence-electron chi connectivity index (χ2n) is 5.76. The first-order valence-corrected chi connectivity index (χ1v) is 10.1. The fourth-order valence-electron chi connectivity index (χ4n) is 2.93. The molecule has 0 aromatic heterocycles. The molecule has 132 valence electrons. The maximum absolute atomic E-state index is 13.0. The van der Waals surface area contributed by atoms with E-state index in [1.807, 2.05) is 4.90 Å². The molecule has 3 rings (SSSR count). The number of hydrogen-bond acceptors (Lipinski definition) is 5. The largest absolute Gasteiger partial charge is 0.339 e. The third kappa shape index (κ3) is 3.35. The van der Waals surface area contributed by atoms with E-state index in [4.69, 9.17) is 23.2 Å². The van der Waals surface area contributed by atoms with E-state index < -0.39 is 10.0 Å². The molecule has 0 atom stereocenters. The zero-order valence-electron chi connectivity index (χ0n) is 13.5. The van der Waals surface area contributed by atoms with Crippen LogP contribution < -0.4 is 0 Å². The third-order valence-corrected chi connectivity index (χ3v) is 6.88. The first kappa shape index (κ1) is 17.8. The number of likely N-dealkylation sites (N-methyl/N-ethyl adjacent to an activating group) is 1. The number of nitrogens with zero attached hydrogens (tertiary/aromatic N) is 4. The molecule has 0 N–H and O–H groups in total. The first-order valence-electron chi connectivity index (χ1n) is 7.93. The summed E-state index contributed by atoms with van der Waals surface area (Å²) in [5.74, 6) is 0.539. The van der Waals surface area contributed by atoms with Crippen molar-refractivity contribution in [2.45, 2.75) is 11.8 Å². The second kappa shape index (κ2) is 7.07. The van der Waals surface area contributed by atoms with Crippen LogP contribution in [-0.4, -0.2) is 74.3 Å².